The monoisotopic (exact) mass is 281 g/mol. The van der Waals surface area contributed by atoms with Crippen molar-refractivity contribution in [2.75, 3.05) is 0 Å². The van der Waals surface area contributed by atoms with E-state index in [0.717, 1.165) is 0 Å². The van der Waals surface area contributed by atoms with Crippen LogP contribution in [0, 0.1) is 5.53 Å². The van der Waals surface area contributed by atoms with Gasteiger partial charge in [-0.1, -0.05) is 18.2 Å². The number of aromatic nitrogens is 4. The van der Waals surface area contributed by atoms with Gasteiger partial charge in [-0.15, -0.1) is 0 Å². The average molecular weight is 281 g/mol. The van der Waals surface area contributed by atoms with E-state index in [2.05, 4.69) is 25.1 Å². The Kier molecular flexibility index (Phi) is 2.94. The maximum Gasteiger partial charge on any atom is 0.286 e. The number of hydrogen-bond donors (Lipinski definition) is 1. The quantitative estimate of drug-likeness (QED) is 0.546. The normalized spacial score (nSPS) is 10.3. The average Bonchev–Trinajstić information content (AvgIpc) is 2.88. The number of benzene rings is 1. The zero-order valence-corrected chi connectivity index (χ0v) is 10.5. The molecule has 21 heavy (non-hydrogen) atoms. The van der Waals surface area contributed by atoms with E-state index in [-0.39, 0.29) is 17.3 Å². The van der Waals surface area contributed by atoms with E-state index >= 15 is 0 Å². The van der Waals surface area contributed by atoms with Gasteiger partial charge in [0.2, 0.25) is 10.7 Å². The smallest absolute Gasteiger partial charge is 0.286 e. The third kappa shape index (κ3) is 2.03. The zero-order valence-electron chi connectivity index (χ0n) is 10.5. The number of carboxylic acid groups (broad SMARTS) is 1. The van der Waals surface area contributed by atoms with Crippen molar-refractivity contribution in [3.63, 3.8) is 0 Å². The Morgan fingerprint density at radius 3 is 2.81 bits per heavy atom. The molecule has 0 amide bonds. The van der Waals surface area contributed by atoms with Gasteiger partial charge in [-0.3, -0.25) is 0 Å². The molecule has 2 heterocycles. The largest absolute Gasteiger partial charge is 0.543 e. The highest BCUT2D eigenvalue weighted by atomic mass is 16.4. The number of carbonyl (C=O) groups excluding carboxylic acids is 1. The molecule has 3 aromatic rings. The minimum atomic E-state index is -1.39. The molecule has 0 saturated carbocycles. The third-order valence-electron chi connectivity index (χ3n) is 2.79. The highest BCUT2D eigenvalue weighted by Crippen LogP contribution is 2.24. The first-order valence-corrected chi connectivity index (χ1v) is 5.80. The second-order valence-electron chi connectivity index (χ2n) is 3.97. The molecule has 0 radical (unpaired) electrons. The predicted molar refractivity (Wildman–Crippen MR) is 67.9 cm³/mol. The Hall–Kier alpha value is -3.45. The third-order valence-corrected chi connectivity index (χ3v) is 2.79. The number of fused-ring (bicyclic) bond motifs is 1. The molecule has 0 atom stereocenters. The maximum absolute atomic E-state index is 11.2. The van der Waals surface area contributed by atoms with Crippen LogP contribution >= 0.6 is 0 Å². The Bertz CT molecular complexity index is 896. The van der Waals surface area contributed by atoms with Crippen LogP contribution in [0.15, 0.2) is 41.8 Å². The molecule has 0 aliphatic carbocycles. The molecule has 0 aliphatic rings. The van der Waals surface area contributed by atoms with Gasteiger partial charge in [-0.25, -0.2) is 14.6 Å². The van der Waals surface area contributed by atoms with Gasteiger partial charge in [-0.05, 0) is 6.07 Å². The molecule has 0 unspecified atom stereocenters. The minimum absolute atomic E-state index is 0.0608. The lowest BCUT2D eigenvalue weighted by molar-refractivity contribution is -0.255. The molecular formula is C12H7N7O2. The topological polar surface area (TPSA) is 134 Å². The maximum atomic E-state index is 11.2. The number of para-hydroxylation sites is 1. The Morgan fingerprint density at radius 2 is 2.05 bits per heavy atom. The van der Waals surface area contributed by atoms with Crippen molar-refractivity contribution in [3.8, 4) is 5.82 Å². The first-order chi connectivity index (χ1) is 10.2. The molecule has 2 aromatic heterocycles. The number of carbonyl (C=O) groups is 1. The highest BCUT2D eigenvalue weighted by molar-refractivity contribution is 6.00. The molecule has 0 spiro atoms. The summed E-state index contributed by atoms with van der Waals surface area (Å²) in [5.74, 6) is -1.15. The number of aromatic carboxylic acids is 1. The van der Waals surface area contributed by atoms with Crippen molar-refractivity contribution in [1.29, 1.82) is 5.53 Å². The first kappa shape index (κ1) is 12.6. The van der Waals surface area contributed by atoms with E-state index in [1.165, 1.54) is 17.1 Å². The van der Waals surface area contributed by atoms with Gasteiger partial charge in [0.05, 0.1) is 11.5 Å². The van der Waals surface area contributed by atoms with Crippen LogP contribution in [0.4, 0.5) is 5.82 Å². The first-order valence-electron chi connectivity index (χ1n) is 5.80. The fraction of sp³-hybridized carbons (Fsp3) is 0. The van der Waals surface area contributed by atoms with Gasteiger partial charge in [0.25, 0.3) is 5.82 Å². The number of nitrogens with one attached hydrogen (secondary N) is 1. The Labute approximate surface area is 117 Å². The number of nitrogens with zero attached hydrogens (tertiary/aromatic N) is 6. The van der Waals surface area contributed by atoms with Crippen LogP contribution in [0.5, 0.6) is 0 Å². The molecule has 0 aliphatic heterocycles. The van der Waals surface area contributed by atoms with E-state index < -0.39 is 5.97 Å². The van der Waals surface area contributed by atoms with Gasteiger partial charge >= 0.3 is 0 Å². The van der Waals surface area contributed by atoms with Crippen LogP contribution in [0.1, 0.15) is 10.5 Å². The number of hydrogen-bond acceptors (Lipinski definition) is 7. The summed E-state index contributed by atoms with van der Waals surface area (Å²) < 4.78 is 1.29. The van der Waals surface area contributed by atoms with Gasteiger partial charge in [-0.2, -0.15) is 5.10 Å². The summed E-state index contributed by atoms with van der Waals surface area (Å²) in [6, 6.07) is 6.74. The van der Waals surface area contributed by atoms with Crippen molar-refractivity contribution in [1.82, 2.24) is 24.7 Å². The summed E-state index contributed by atoms with van der Waals surface area (Å²) in [4.78, 5) is 22.1. The van der Waals surface area contributed by atoms with Crippen LogP contribution in [0.2, 0.25) is 0 Å². The van der Waals surface area contributed by atoms with E-state index in [9.17, 15) is 9.90 Å². The van der Waals surface area contributed by atoms with E-state index in [1.807, 2.05) is 0 Å². The van der Waals surface area contributed by atoms with Gasteiger partial charge < -0.3 is 9.90 Å². The van der Waals surface area contributed by atoms with Crippen LogP contribution in [0.25, 0.3) is 16.7 Å². The SMILES string of the molecule is N=[N+]=Nc1nccnc1-n1nc(C(=O)[O-])c2ccccc21. The standard InChI is InChI=1S/C12H7N7O2/c13-18-16-10-11(15-6-5-14-10)19-8-4-2-1-3-7(8)9(17-19)12(20)21/h1-6,13H. The molecule has 1 N–H and O–H groups in total. The van der Waals surface area contributed by atoms with Crippen molar-refractivity contribution >= 4 is 22.7 Å². The van der Waals surface area contributed by atoms with Gasteiger partial charge in [0.1, 0.15) is 11.2 Å². The molecule has 9 heteroatoms. The predicted octanol–water partition coefficient (Wildman–Crippen LogP) is 0.361. The van der Waals surface area contributed by atoms with Crippen LogP contribution in [-0.4, -0.2) is 25.7 Å². The molecule has 0 saturated heterocycles. The summed E-state index contributed by atoms with van der Waals surface area (Å²) in [7, 11) is 0. The fourth-order valence-electron chi connectivity index (χ4n) is 1.97. The molecule has 0 fully saturated rings. The number of carboxylic acids is 1. The lowest BCUT2D eigenvalue weighted by Crippen LogP contribution is -2.23. The summed E-state index contributed by atoms with van der Waals surface area (Å²) in [6.07, 6.45) is 2.80. The Balaban J connectivity index is 2.36. The van der Waals surface area contributed by atoms with Crippen molar-refractivity contribution in [3.05, 3.63) is 42.4 Å². The summed E-state index contributed by atoms with van der Waals surface area (Å²) >= 11 is 0. The summed E-state index contributed by atoms with van der Waals surface area (Å²) in [5.41, 5.74) is 7.10. The summed E-state index contributed by atoms with van der Waals surface area (Å²) in [6.45, 7) is 0. The highest BCUT2D eigenvalue weighted by Gasteiger charge is 2.17. The Morgan fingerprint density at radius 1 is 1.29 bits per heavy atom. The summed E-state index contributed by atoms with van der Waals surface area (Å²) in [5, 5.41) is 19.1. The van der Waals surface area contributed by atoms with E-state index in [0.29, 0.717) is 10.9 Å². The van der Waals surface area contributed by atoms with E-state index in [4.69, 9.17) is 5.53 Å². The van der Waals surface area contributed by atoms with Crippen molar-refractivity contribution < 1.29 is 9.90 Å². The number of rotatable bonds is 3. The molecule has 0 bridgehead atoms. The molecule has 1 aromatic carbocycles. The zero-order chi connectivity index (χ0) is 14.8. The van der Waals surface area contributed by atoms with Crippen molar-refractivity contribution in [2.45, 2.75) is 0 Å². The molecule has 9 nitrogen and oxygen atoms in total. The van der Waals surface area contributed by atoms with E-state index in [1.54, 1.807) is 24.3 Å². The van der Waals surface area contributed by atoms with Crippen LogP contribution < -0.4 is 10.0 Å². The van der Waals surface area contributed by atoms with Gasteiger partial charge in [0.15, 0.2) is 5.11 Å². The molecule has 3 rings (SSSR count). The second kappa shape index (κ2) is 4.91. The molecule has 102 valence electrons. The lowest BCUT2D eigenvalue weighted by Gasteiger charge is -2.01. The second-order valence-corrected chi connectivity index (χ2v) is 3.97. The minimum Gasteiger partial charge on any atom is -0.543 e. The molecular weight excluding hydrogens is 274 g/mol. The fourth-order valence-corrected chi connectivity index (χ4v) is 1.97. The van der Waals surface area contributed by atoms with Crippen LogP contribution in [0.3, 0.4) is 0 Å². The van der Waals surface area contributed by atoms with Crippen molar-refractivity contribution in [2.24, 2.45) is 5.11 Å². The van der Waals surface area contributed by atoms with Gasteiger partial charge in [0, 0.05) is 17.8 Å². The van der Waals surface area contributed by atoms with Crippen LogP contribution in [-0.2, 0) is 0 Å². The lowest BCUT2D eigenvalue weighted by atomic mass is 10.2.